The molecule has 9 nitrogen and oxygen atoms in total. The van der Waals surface area contributed by atoms with E-state index in [1.807, 2.05) is 6.20 Å². The van der Waals surface area contributed by atoms with Gasteiger partial charge in [-0.15, -0.1) is 10.2 Å². The Morgan fingerprint density at radius 1 is 1.10 bits per heavy atom. The number of rotatable bonds is 4. The molecule has 29 heavy (non-hydrogen) atoms. The van der Waals surface area contributed by atoms with Crippen LogP contribution < -0.4 is 11.1 Å². The fourth-order valence-corrected chi connectivity index (χ4v) is 4.47. The van der Waals surface area contributed by atoms with E-state index in [0.717, 1.165) is 62.3 Å². The molecule has 0 radical (unpaired) electrons. The third-order valence-corrected chi connectivity index (χ3v) is 6.24. The van der Waals surface area contributed by atoms with Crippen molar-refractivity contribution in [1.29, 1.82) is 0 Å². The molecule has 1 aliphatic carbocycles. The summed E-state index contributed by atoms with van der Waals surface area (Å²) in [6.45, 7) is 3.23. The molecule has 0 atom stereocenters. The second-order valence-electron chi connectivity index (χ2n) is 8.23. The molecular weight excluding hydrogens is 370 g/mol. The van der Waals surface area contributed by atoms with Gasteiger partial charge in [-0.2, -0.15) is 5.10 Å². The molecule has 3 aromatic heterocycles. The number of hydrogen-bond acceptors (Lipinski definition) is 6. The number of likely N-dealkylation sites (tertiary alicyclic amines) is 1. The quantitative estimate of drug-likeness (QED) is 0.635. The minimum atomic E-state index is -0.141. The zero-order valence-corrected chi connectivity index (χ0v) is 16.6. The zero-order chi connectivity index (χ0) is 20.0. The van der Waals surface area contributed by atoms with Gasteiger partial charge in [0.15, 0.2) is 5.82 Å². The average molecular weight is 395 g/mol. The smallest absolute Gasteiger partial charge is 0.295 e. The molecule has 0 amide bonds. The molecule has 9 heteroatoms. The minimum Gasteiger partial charge on any atom is -0.314 e. The van der Waals surface area contributed by atoms with Crippen LogP contribution in [0.3, 0.4) is 0 Å². The Hall–Kier alpha value is -2.81. The number of aryl methyl sites for hydroxylation is 3. The number of piperidine rings is 1. The lowest BCUT2D eigenvalue weighted by molar-refractivity contribution is 0.160. The number of fused-ring (bicyclic) bond motifs is 2. The van der Waals surface area contributed by atoms with Gasteiger partial charge >= 0.3 is 0 Å². The molecular formula is C20H25N7O2. The van der Waals surface area contributed by atoms with Crippen LogP contribution in [0.25, 0.3) is 5.65 Å². The predicted molar refractivity (Wildman–Crippen MR) is 107 cm³/mol. The topological polar surface area (TPSA) is 90.3 Å². The molecule has 1 fully saturated rings. The van der Waals surface area contributed by atoms with Crippen LogP contribution in [-0.2, 0) is 33.0 Å². The molecule has 0 unspecified atom stereocenters. The molecule has 152 valence electrons. The van der Waals surface area contributed by atoms with E-state index in [4.69, 9.17) is 0 Å². The van der Waals surface area contributed by atoms with E-state index in [9.17, 15) is 9.59 Å². The molecule has 0 spiro atoms. The molecule has 1 aliphatic heterocycles. The minimum absolute atomic E-state index is 0.0320. The number of aromatic nitrogens is 6. The molecule has 5 rings (SSSR count). The highest BCUT2D eigenvalue weighted by molar-refractivity contribution is 5.34. The summed E-state index contributed by atoms with van der Waals surface area (Å²) >= 11 is 0. The van der Waals surface area contributed by atoms with Crippen molar-refractivity contribution in [2.45, 2.75) is 45.2 Å². The highest BCUT2D eigenvalue weighted by Gasteiger charge is 2.23. The fourth-order valence-electron chi connectivity index (χ4n) is 4.47. The van der Waals surface area contributed by atoms with E-state index >= 15 is 0 Å². The normalized spacial score (nSPS) is 17.8. The van der Waals surface area contributed by atoms with E-state index in [1.165, 1.54) is 4.57 Å². The van der Waals surface area contributed by atoms with Gasteiger partial charge in [0.05, 0.1) is 12.2 Å². The van der Waals surface area contributed by atoms with E-state index in [2.05, 4.69) is 20.2 Å². The van der Waals surface area contributed by atoms with Crippen molar-refractivity contribution >= 4 is 5.65 Å². The van der Waals surface area contributed by atoms with Crippen LogP contribution in [-0.4, -0.2) is 46.9 Å². The Morgan fingerprint density at radius 3 is 2.76 bits per heavy atom. The highest BCUT2D eigenvalue weighted by Crippen LogP contribution is 2.21. The van der Waals surface area contributed by atoms with Gasteiger partial charge in [0.1, 0.15) is 0 Å². The van der Waals surface area contributed by atoms with Gasteiger partial charge in [0.25, 0.3) is 11.1 Å². The monoisotopic (exact) mass is 395 g/mol. The maximum absolute atomic E-state index is 12.3. The molecule has 0 bridgehead atoms. The third-order valence-electron chi connectivity index (χ3n) is 6.24. The Kier molecular flexibility index (Phi) is 4.54. The SMILES string of the molecule is Cn1ccn2c(CN3CCC(Cn4nc5c(cc4=O)CCC5)CC3)nnc2c1=O. The second kappa shape index (κ2) is 7.22. The zero-order valence-electron chi connectivity index (χ0n) is 16.6. The molecule has 3 aromatic rings. The predicted octanol–water partition coefficient (Wildman–Crippen LogP) is 0.386. The molecule has 0 aromatic carbocycles. The van der Waals surface area contributed by atoms with Crippen molar-refractivity contribution in [3.8, 4) is 0 Å². The van der Waals surface area contributed by atoms with Crippen LogP contribution in [0.2, 0.25) is 0 Å². The van der Waals surface area contributed by atoms with Crippen molar-refractivity contribution in [3.05, 3.63) is 56.2 Å². The maximum Gasteiger partial charge on any atom is 0.295 e. The summed E-state index contributed by atoms with van der Waals surface area (Å²) in [7, 11) is 1.71. The lowest BCUT2D eigenvalue weighted by Crippen LogP contribution is -2.37. The standard InChI is InChI=1S/C20H25N7O2/c1-24-9-10-26-17(21-22-19(26)20(24)29)13-25-7-5-14(6-8-25)12-27-18(28)11-15-3-2-4-16(15)23-27/h9-11,14H,2-8,12-13H2,1H3. The first-order chi connectivity index (χ1) is 14.1. The van der Waals surface area contributed by atoms with Crippen LogP contribution >= 0.6 is 0 Å². The summed E-state index contributed by atoms with van der Waals surface area (Å²) in [5, 5.41) is 12.9. The fraction of sp³-hybridized carbons (Fsp3) is 0.550. The van der Waals surface area contributed by atoms with Gasteiger partial charge in [0.2, 0.25) is 5.65 Å². The average Bonchev–Trinajstić information content (AvgIpc) is 3.33. The van der Waals surface area contributed by atoms with E-state index in [0.29, 0.717) is 24.7 Å². The lowest BCUT2D eigenvalue weighted by Gasteiger charge is -2.31. The van der Waals surface area contributed by atoms with Gasteiger partial charge < -0.3 is 4.57 Å². The molecule has 4 heterocycles. The second-order valence-corrected chi connectivity index (χ2v) is 8.23. The first-order valence-electron chi connectivity index (χ1n) is 10.3. The van der Waals surface area contributed by atoms with Gasteiger partial charge in [-0.25, -0.2) is 4.68 Å². The van der Waals surface area contributed by atoms with E-state index < -0.39 is 0 Å². The van der Waals surface area contributed by atoms with Crippen LogP contribution in [0.4, 0.5) is 0 Å². The Balaban J connectivity index is 1.23. The van der Waals surface area contributed by atoms with Crippen LogP contribution in [0, 0.1) is 5.92 Å². The Morgan fingerprint density at radius 2 is 1.93 bits per heavy atom. The lowest BCUT2D eigenvalue weighted by atomic mass is 9.97. The number of nitrogens with zero attached hydrogens (tertiary/aromatic N) is 7. The van der Waals surface area contributed by atoms with Gasteiger partial charge in [-0.3, -0.25) is 18.9 Å². The van der Waals surface area contributed by atoms with Gasteiger partial charge in [-0.05, 0) is 56.7 Å². The van der Waals surface area contributed by atoms with Crippen molar-refractivity contribution in [3.63, 3.8) is 0 Å². The van der Waals surface area contributed by atoms with Gasteiger partial charge in [0, 0.05) is 32.1 Å². The Bertz CT molecular complexity index is 1170. The summed E-state index contributed by atoms with van der Waals surface area (Å²) < 4.78 is 4.96. The van der Waals surface area contributed by atoms with Crippen molar-refractivity contribution < 1.29 is 0 Å². The Labute approximate surface area is 167 Å². The molecule has 0 N–H and O–H groups in total. The third kappa shape index (κ3) is 3.39. The first-order valence-corrected chi connectivity index (χ1v) is 10.3. The number of hydrogen-bond donors (Lipinski definition) is 0. The van der Waals surface area contributed by atoms with Crippen molar-refractivity contribution in [2.24, 2.45) is 13.0 Å². The summed E-state index contributed by atoms with van der Waals surface area (Å²) in [5.74, 6) is 1.24. The maximum atomic E-state index is 12.3. The molecule has 2 aliphatic rings. The first kappa shape index (κ1) is 18.2. The van der Waals surface area contributed by atoms with Gasteiger partial charge in [-0.1, -0.05) is 0 Å². The molecule has 1 saturated heterocycles. The van der Waals surface area contributed by atoms with Crippen LogP contribution in [0.15, 0.2) is 28.0 Å². The summed E-state index contributed by atoms with van der Waals surface area (Å²) in [5.41, 5.74) is 2.49. The largest absolute Gasteiger partial charge is 0.314 e. The van der Waals surface area contributed by atoms with E-state index in [1.54, 1.807) is 28.4 Å². The van der Waals surface area contributed by atoms with Crippen molar-refractivity contribution in [1.82, 2.24) is 33.8 Å². The molecule has 0 saturated carbocycles. The van der Waals surface area contributed by atoms with Crippen LogP contribution in [0.1, 0.15) is 36.3 Å². The van der Waals surface area contributed by atoms with E-state index in [-0.39, 0.29) is 11.1 Å². The van der Waals surface area contributed by atoms with Crippen molar-refractivity contribution in [2.75, 3.05) is 13.1 Å². The summed E-state index contributed by atoms with van der Waals surface area (Å²) in [6.07, 6.45) is 8.69. The summed E-state index contributed by atoms with van der Waals surface area (Å²) in [6, 6.07) is 1.78. The van der Waals surface area contributed by atoms with Crippen LogP contribution in [0.5, 0.6) is 0 Å². The summed E-state index contributed by atoms with van der Waals surface area (Å²) in [4.78, 5) is 26.8. The highest BCUT2D eigenvalue weighted by atomic mass is 16.1.